The van der Waals surface area contributed by atoms with Gasteiger partial charge in [0.05, 0.1) is 10.7 Å². The second-order valence-corrected chi connectivity index (χ2v) is 4.86. The van der Waals surface area contributed by atoms with Crippen LogP contribution < -0.4 is 10.5 Å². The second-order valence-electron chi connectivity index (χ2n) is 4.45. The molecule has 94 valence electrons. The minimum absolute atomic E-state index is 0.380. The predicted octanol–water partition coefficient (Wildman–Crippen LogP) is 4.84. The van der Waals surface area contributed by atoms with Crippen molar-refractivity contribution in [3.8, 4) is 11.5 Å². The number of halogens is 1. The lowest BCUT2D eigenvalue weighted by atomic mass is 10.0. The van der Waals surface area contributed by atoms with Crippen LogP contribution in [0.4, 0.5) is 5.69 Å². The Morgan fingerprint density at radius 2 is 1.78 bits per heavy atom. The van der Waals surface area contributed by atoms with Crippen LogP contribution in [0.25, 0.3) is 0 Å². The SMILES string of the molecule is CC(C)c1ccccc1Oc1c(N)cccc1Cl. The Balaban J connectivity index is 2.40. The molecule has 0 amide bonds. The van der Waals surface area contributed by atoms with Crippen LogP contribution in [0, 0.1) is 0 Å². The summed E-state index contributed by atoms with van der Waals surface area (Å²) in [5, 5.41) is 0.522. The molecule has 0 aromatic heterocycles. The minimum atomic E-state index is 0.380. The molecule has 0 saturated carbocycles. The largest absolute Gasteiger partial charge is 0.453 e. The van der Waals surface area contributed by atoms with E-state index < -0.39 is 0 Å². The second kappa shape index (κ2) is 5.32. The quantitative estimate of drug-likeness (QED) is 0.803. The summed E-state index contributed by atoms with van der Waals surface area (Å²) >= 11 is 6.11. The van der Waals surface area contributed by atoms with E-state index in [1.54, 1.807) is 18.2 Å². The van der Waals surface area contributed by atoms with Crippen molar-refractivity contribution in [2.24, 2.45) is 0 Å². The van der Waals surface area contributed by atoms with Crippen molar-refractivity contribution in [1.82, 2.24) is 0 Å². The summed E-state index contributed by atoms with van der Waals surface area (Å²) < 4.78 is 5.88. The molecule has 2 aromatic rings. The molecule has 2 N–H and O–H groups in total. The molecule has 18 heavy (non-hydrogen) atoms. The van der Waals surface area contributed by atoms with E-state index in [9.17, 15) is 0 Å². The molecule has 2 nitrogen and oxygen atoms in total. The highest BCUT2D eigenvalue weighted by atomic mass is 35.5. The topological polar surface area (TPSA) is 35.2 Å². The average molecular weight is 262 g/mol. The first-order chi connectivity index (χ1) is 8.59. The van der Waals surface area contributed by atoms with Crippen molar-refractivity contribution in [2.75, 3.05) is 5.73 Å². The summed E-state index contributed by atoms with van der Waals surface area (Å²) in [6, 6.07) is 13.3. The summed E-state index contributed by atoms with van der Waals surface area (Å²) in [5.74, 6) is 1.70. The molecule has 0 atom stereocenters. The maximum atomic E-state index is 6.11. The van der Waals surface area contributed by atoms with Gasteiger partial charge in [0.25, 0.3) is 0 Å². The molecule has 0 aliphatic rings. The van der Waals surface area contributed by atoms with E-state index in [4.69, 9.17) is 22.1 Å². The fraction of sp³-hybridized carbons (Fsp3) is 0.200. The monoisotopic (exact) mass is 261 g/mol. The third-order valence-electron chi connectivity index (χ3n) is 2.75. The van der Waals surface area contributed by atoms with E-state index in [-0.39, 0.29) is 0 Å². The fourth-order valence-electron chi connectivity index (χ4n) is 1.79. The van der Waals surface area contributed by atoms with E-state index in [0.717, 1.165) is 11.3 Å². The van der Waals surface area contributed by atoms with Crippen LogP contribution in [0.5, 0.6) is 11.5 Å². The Bertz CT molecular complexity index is 532. The predicted molar refractivity (Wildman–Crippen MR) is 76.5 cm³/mol. The van der Waals surface area contributed by atoms with Gasteiger partial charge in [-0.25, -0.2) is 0 Å². The van der Waals surface area contributed by atoms with Crippen molar-refractivity contribution >= 4 is 17.3 Å². The first-order valence-electron chi connectivity index (χ1n) is 5.90. The molecule has 0 fully saturated rings. The molecule has 0 saturated heterocycles. The standard InChI is InChI=1S/C15H16ClNO/c1-10(2)11-6-3-4-9-14(11)18-15-12(16)7-5-8-13(15)17/h3-10H,17H2,1-2H3. The number of nitrogens with two attached hydrogens (primary N) is 1. The van der Waals surface area contributed by atoms with E-state index in [1.807, 2.05) is 24.3 Å². The van der Waals surface area contributed by atoms with E-state index in [1.165, 1.54) is 0 Å². The Kier molecular flexibility index (Phi) is 3.78. The fourth-order valence-corrected chi connectivity index (χ4v) is 2.01. The van der Waals surface area contributed by atoms with Crippen LogP contribution in [0.3, 0.4) is 0 Å². The van der Waals surface area contributed by atoms with Gasteiger partial charge in [0.1, 0.15) is 5.75 Å². The molecule has 0 radical (unpaired) electrons. The summed E-state index contributed by atoms with van der Waals surface area (Å²) in [6.45, 7) is 4.25. The van der Waals surface area contributed by atoms with Gasteiger partial charge in [-0.2, -0.15) is 0 Å². The highest BCUT2D eigenvalue weighted by molar-refractivity contribution is 6.32. The number of ether oxygens (including phenoxy) is 1. The maximum absolute atomic E-state index is 6.11. The number of rotatable bonds is 3. The highest BCUT2D eigenvalue weighted by Crippen LogP contribution is 2.37. The normalized spacial score (nSPS) is 10.7. The first kappa shape index (κ1) is 12.8. The number of para-hydroxylation sites is 2. The number of hydrogen-bond donors (Lipinski definition) is 1. The Hall–Kier alpha value is -1.67. The van der Waals surface area contributed by atoms with Crippen molar-refractivity contribution in [2.45, 2.75) is 19.8 Å². The lowest BCUT2D eigenvalue weighted by Crippen LogP contribution is -1.97. The zero-order valence-corrected chi connectivity index (χ0v) is 11.2. The third kappa shape index (κ3) is 2.59. The van der Waals surface area contributed by atoms with Gasteiger partial charge in [0.15, 0.2) is 5.75 Å². The molecular weight excluding hydrogens is 246 g/mol. The number of nitrogen functional groups attached to an aromatic ring is 1. The molecule has 2 rings (SSSR count). The molecule has 0 aliphatic heterocycles. The first-order valence-corrected chi connectivity index (χ1v) is 6.28. The highest BCUT2D eigenvalue weighted by Gasteiger charge is 2.11. The van der Waals surface area contributed by atoms with Gasteiger partial charge < -0.3 is 10.5 Å². The van der Waals surface area contributed by atoms with Crippen molar-refractivity contribution in [3.05, 3.63) is 53.1 Å². The number of anilines is 1. The van der Waals surface area contributed by atoms with Crippen molar-refractivity contribution < 1.29 is 4.74 Å². The zero-order chi connectivity index (χ0) is 13.1. The smallest absolute Gasteiger partial charge is 0.168 e. The van der Waals surface area contributed by atoms with Gasteiger partial charge in [-0.1, -0.05) is 49.7 Å². The van der Waals surface area contributed by atoms with Gasteiger partial charge in [-0.15, -0.1) is 0 Å². The number of benzene rings is 2. The van der Waals surface area contributed by atoms with E-state index >= 15 is 0 Å². The van der Waals surface area contributed by atoms with Crippen LogP contribution >= 0.6 is 11.6 Å². The van der Waals surface area contributed by atoms with Crippen LogP contribution in [0.1, 0.15) is 25.3 Å². The maximum Gasteiger partial charge on any atom is 0.168 e. The molecule has 3 heteroatoms. The van der Waals surface area contributed by atoms with Crippen molar-refractivity contribution in [3.63, 3.8) is 0 Å². The minimum Gasteiger partial charge on any atom is -0.453 e. The lowest BCUT2D eigenvalue weighted by Gasteiger charge is -2.15. The number of hydrogen-bond acceptors (Lipinski definition) is 2. The molecule has 0 aliphatic carbocycles. The van der Waals surface area contributed by atoms with Crippen LogP contribution in [-0.2, 0) is 0 Å². The molecule has 0 bridgehead atoms. The molecule has 2 aromatic carbocycles. The van der Waals surface area contributed by atoms with E-state index in [0.29, 0.717) is 22.4 Å². The van der Waals surface area contributed by atoms with Gasteiger partial charge in [-0.3, -0.25) is 0 Å². The van der Waals surface area contributed by atoms with Gasteiger partial charge >= 0.3 is 0 Å². The molecular formula is C15H16ClNO. The Labute approximate surface area is 112 Å². The van der Waals surface area contributed by atoms with Crippen LogP contribution in [0.2, 0.25) is 5.02 Å². The van der Waals surface area contributed by atoms with Gasteiger partial charge in [0.2, 0.25) is 0 Å². The Morgan fingerprint density at radius 1 is 1.06 bits per heavy atom. The van der Waals surface area contributed by atoms with Crippen molar-refractivity contribution in [1.29, 1.82) is 0 Å². The summed E-state index contributed by atoms with van der Waals surface area (Å²) in [6.07, 6.45) is 0. The molecule has 0 unspecified atom stereocenters. The zero-order valence-electron chi connectivity index (χ0n) is 10.5. The summed E-state index contributed by atoms with van der Waals surface area (Å²) in [7, 11) is 0. The average Bonchev–Trinajstić information content (AvgIpc) is 2.34. The lowest BCUT2D eigenvalue weighted by molar-refractivity contribution is 0.475. The summed E-state index contributed by atoms with van der Waals surface area (Å²) in [5.41, 5.74) is 7.56. The van der Waals surface area contributed by atoms with Crippen LogP contribution in [-0.4, -0.2) is 0 Å². The molecule has 0 heterocycles. The third-order valence-corrected chi connectivity index (χ3v) is 3.05. The summed E-state index contributed by atoms with van der Waals surface area (Å²) in [4.78, 5) is 0. The van der Waals surface area contributed by atoms with Gasteiger partial charge in [-0.05, 0) is 29.7 Å². The van der Waals surface area contributed by atoms with E-state index in [2.05, 4.69) is 13.8 Å². The van der Waals surface area contributed by atoms with Gasteiger partial charge in [0, 0.05) is 0 Å². The molecule has 0 spiro atoms. The van der Waals surface area contributed by atoms with Crippen LogP contribution in [0.15, 0.2) is 42.5 Å². The Morgan fingerprint density at radius 3 is 2.44 bits per heavy atom.